The monoisotopic (exact) mass is 321 g/mol. The number of rotatable bonds is 6. The minimum Gasteiger partial charge on any atom is -0.448 e. The summed E-state index contributed by atoms with van der Waals surface area (Å²) in [4.78, 5) is 7.25. The lowest BCUT2D eigenvalue weighted by atomic mass is 10.3. The van der Waals surface area contributed by atoms with Crippen LogP contribution in [0.15, 0.2) is 15.8 Å². The van der Waals surface area contributed by atoms with Crippen LogP contribution in [0.3, 0.4) is 0 Å². The Morgan fingerprint density at radius 3 is 2.90 bits per heavy atom. The molecule has 0 aliphatic rings. The summed E-state index contributed by atoms with van der Waals surface area (Å²) < 4.78 is 42.3. The number of nitriles is 1. The molecule has 6 nitrogen and oxygen atoms in total. The van der Waals surface area contributed by atoms with Gasteiger partial charge in [0.05, 0.1) is 6.54 Å². The Labute approximate surface area is 123 Å². The van der Waals surface area contributed by atoms with Crippen LogP contribution in [0, 0.1) is 11.5 Å². The van der Waals surface area contributed by atoms with E-state index in [9.17, 15) is 13.2 Å². The predicted octanol–water partition coefficient (Wildman–Crippen LogP) is 1.62. The van der Waals surface area contributed by atoms with Gasteiger partial charge in [0.1, 0.15) is 5.76 Å². The fraction of sp³-hybridized carbons (Fsp3) is 0.545. The van der Waals surface area contributed by atoms with E-state index in [4.69, 9.17) is 9.68 Å². The van der Waals surface area contributed by atoms with Gasteiger partial charge in [-0.3, -0.25) is 10.3 Å². The minimum atomic E-state index is -4.48. The first kappa shape index (κ1) is 17.2. The summed E-state index contributed by atoms with van der Waals surface area (Å²) in [7, 11) is 1.62. The second-order valence-electron chi connectivity index (χ2n) is 3.70. The van der Waals surface area contributed by atoms with Gasteiger partial charge < -0.3 is 9.73 Å². The van der Waals surface area contributed by atoms with Gasteiger partial charge in [0, 0.05) is 25.0 Å². The molecule has 0 spiro atoms. The lowest BCUT2D eigenvalue weighted by molar-refractivity contribution is -0.141. The van der Waals surface area contributed by atoms with Crippen molar-refractivity contribution in [1.82, 2.24) is 15.6 Å². The van der Waals surface area contributed by atoms with Crippen LogP contribution in [0.1, 0.15) is 11.5 Å². The van der Waals surface area contributed by atoms with Crippen molar-refractivity contribution < 1.29 is 17.6 Å². The molecule has 2 N–H and O–H groups in total. The maximum absolute atomic E-state index is 12.5. The summed E-state index contributed by atoms with van der Waals surface area (Å²) >= 11 is 1.44. The first-order valence-corrected chi connectivity index (χ1v) is 7.09. The molecule has 0 aromatic carbocycles. The van der Waals surface area contributed by atoms with Crippen LogP contribution in [0.25, 0.3) is 0 Å². The molecule has 0 aliphatic carbocycles. The van der Waals surface area contributed by atoms with Crippen molar-refractivity contribution in [2.24, 2.45) is 4.99 Å². The Balaban J connectivity index is 2.30. The van der Waals surface area contributed by atoms with Crippen molar-refractivity contribution in [3.8, 4) is 6.19 Å². The van der Waals surface area contributed by atoms with Gasteiger partial charge in [-0.25, -0.2) is 4.98 Å². The Morgan fingerprint density at radius 1 is 1.52 bits per heavy atom. The Kier molecular flexibility index (Phi) is 6.87. The maximum atomic E-state index is 12.5. The summed E-state index contributed by atoms with van der Waals surface area (Å²) in [5, 5.41) is 13.5. The number of aryl methyl sites for hydroxylation is 1. The number of aliphatic imine (C=N–C) groups is 1. The molecular weight excluding hydrogens is 307 g/mol. The topological polar surface area (TPSA) is 86.2 Å². The average Bonchev–Trinajstić information content (AvgIpc) is 2.89. The third kappa shape index (κ3) is 5.95. The Morgan fingerprint density at radius 2 is 2.29 bits per heavy atom. The molecule has 0 radical (unpaired) electrons. The highest BCUT2D eigenvalue weighted by Crippen LogP contribution is 2.31. The van der Waals surface area contributed by atoms with Crippen molar-refractivity contribution in [3.63, 3.8) is 0 Å². The number of alkyl halides is 3. The zero-order valence-electron chi connectivity index (χ0n) is 11.2. The van der Waals surface area contributed by atoms with Gasteiger partial charge in [-0.05, 0) is 0 Å². The maximum Gasteiger partial charge on any atom is 0.436 e. The number of thioether (sulfide) groups is 1. The van der Waals surface area contributed by atoms with Gasteiger partial charge in [-0.1, -0.05) is 0 Å². The second-order valence-corrected chi connectivity index (χ2v) is 4.93. The van der Waals surface area contributed by atoms with Gasteiger partial charge >= 0.3 is 6.18 Å². The van der Waals surface area contributed by atoms with Gasteiger partial charge in [0.2, 0.25) is 5.96 Å². The van der Waals surface area contributed by atoms with E-state index < -0.39 is 11.9 Å². The molecule has 0 amide bonds. The van der Waals surface area contributed by atoms with Crippen molar-refractivity contribution in [2.75, 3.05) is 25.1 Å². The highest BCUT2D eigenvalue weighted by atomic mass is 32.2. The fourth-order valence-electron chi connectivity index (χ4n) is 1.40. The van der Waals surface area contributed by atoms with Crippen LogP contribution in [-0.2, 0) is 12.6 Å². The predicted molar refractivity (Wildman–Crippen MR) is 72.6 cm³/mol. The van der Waals surface area contributed by atoms with E-state index in [0.717, 1.165) is 6.39 Å². The number of nitrogens with zero attached hydrogens (tertiary/aromatic N) is 3. The third-order valence-corrected chi connectivity index (χ3v) is 3.26. The quantitative estimate of drug-likeness (QED) is 0.272. The summed E-state index contributed by atoms with van der Waals surface area (Å²) in [5.41, 5.74) is -0.961. The molecule has 1 heterocycles. The minimum absolute atomic E-state index is 0.151. The van der Waals surface area contributed by atoms with E-state index in [1.807, 2.05) is 0 Å². The molecule has 0 saturated carbocycles. The molecule has 1 aromatic heterocycles. The standard InChI is InChI=1S/C11H14F3N5OS/c1-16-10(18-6-15)17-3-5-21-4-2-8-9(11(12,13)14)19-7-20-8/h7H,2-5H2,1H3,(H2,16,17,18). The molecule has 0 bridgehead atoms. The number of guanidine groups is 1. The molecule has 0 atom stereocenters. The molecular formula is C11H14F3N5OS. The molecule has 1 aromatic rings. The third-order valence-electron chi connectivity index (χ3n) is 2.30. The van der Waals surface area contributed by atoms with Gasteiger partial charge in [0.15, 0.2) is 18.3 Å². The van der Waals surface area contributed by atoms with Crippen molar-refractivity contribution in [1.29, 1.82) is 5.26 Å². The summed E-state index contributed by atoms with van der Waals surface area (Å²) in [5.74, 6) is 1.29. The lowest BCUT2D eigenvalue weighted by Crippen LogP contribution is -2.31. The molecule has 0 fully saturated rings. The van der Waals surface area contributed by atoms with Crippen LogP contribution >= 0.6 is 11.8 Å². The molecule has 0 saturated heterocycles. The van der Waals surface area contributed by atoms with Gasteiger partial charge in [-0.15, -0.1) is 0 Å². The number of hydrogen-bond acceptors (Lipinski definition) is 5. The average molecular weight is 321 g/mol. The number of halogens is 3. The number of aromatic nitrogens is 1. The first-order valence-electron chi connectivity index (χ1n) is 5.93. The smallest absolute Gasteiger partial charge is 0.436 e. The Hall–Kier alpha value is -1.89. The normalized spacial score (nSPS) is 12.0. The van der Waals surface area contributed by atoms with E-state index in [2.05, 4.69) is 20.6 Å². The van der Waals surface area contributed by atoms with Crippen LogP contribution < -0.4 is 10.6 Å². The van der Waals surface area contributed by atoms with Crippen LogP contribution in [0.5, 0.6) is 0 Å². The number of oxazole rings is 1. The second kappa shape index (κ2) is 8.41. The van der Waals surface area contributed by atoms with Gasteiger partial charge in [-0.2, -0.15) is 30.2 Å². The molecule has 0 aliphatic heterocycles. The van der Waals surface area contributed by atoms with Gasteiger partial charge in [0.25, 0.3) is 0 Å². The zero-order valence-corrected chi connectivity index (χ0v) is 12.0. The summed E-state index contributed by atoms with van der Waals surface area (Å²) in [6, 6.07) is 0. The lowest BCUT2D eigenvalue weighted by Gasteiger charge is -2.05. The summed E-state index contributed by atoms with van der Waals surface area (Å²) in [6.45, 7) is 0.443. The molecule has 116 valence electrons. The highest BCUT2D eigenvalue weighted by Gasteiger charge is 2.37. The van der Waals surface area contributed by atoms with Crippen LogP contribution in [-0.4, -0.2) is 36.0 Å². The van der Waals surface area contributed by atoms with Crippen LogP contribution in [0.2, 0.25) is 0 Å². The van der Waals surface area contributed by atoms with Crippen molar-refractivity contribution in [3.05, 3.63) is 17.8 Å². The number of nitrogens with one attached hydrogen (secondary N) is 2. The Bertz CT molecular complexity index is 509. The van der Waals surface area contributed by atoms with E-state index in [1.165, 1.54) is 11.8 Å². The zero-order chi connectivity index (χ0) is 15.7. The first-order chi connectivity index (χ1) is 9.99. The van der Waals surface area contributed by atoms with E-state index in [-0.39, 0.29) is 12.2 Å². The fourth-order valence-corrected chi connectivity index (χ4v) is 2.16. The highest BCUT2D eigenvalue weighted by molar-refractivity contribution is 7.99. The van der Waals surface area contributed by atoms with E-state index in [1.54, 1.807) is 13.2 Å². The molecule has 0 unspecified atom stereocenters. The van der Waals surface area contributed by atoms with E-state index >= 15 is 0 Å². The molecule has 10 heteroatoms. The van der Waals surface area contributed by atoms with Crippen molar-refractivity contribution >= 4 is 17.7 Å². The summed E-state index contributed by atoms with van der Waals surface area (Å²) in [6.07, 6.45) is -1.79. The molecule has 21 heavy (non-hydrogen) atoms. The molecule has 1 rings (SSSR count). The number of hydrogen-bond donors (Lipinski definition) is 2. The van der Waals surface area contributed by atoms with Crippen molar-refractivity contribution in [2.45, 2.75) is 12.6 Å². The largest absolute Gasteiger partial charge is 0.448 e. The van der Waals surface area contributed by atoms with Crippen LogP contribution in [0.4, 0.5) is 13.2 Å². The van der Waals surface area contributed by atoms with E-state index in [0.29, 0.717) is 24.0 Å². The SMILES string of the molecule is CN/C(=N/CCSCCc1ocnc1C(F)(F)F)NC#N.